The van der Waals surface area contributed by atoms with Crippen molar-refractivity contribution in [3.05, 3.63) is 22.2 Å². The Bertz CT molecular complexity index is 527. The first-order chi connectivity index (χ1) is 9.63. The third kappa shape index (κ3) is 2.76. The molecule has 0 atom stereocenters. The molecule has 0 aromatic heterocycles. The first-order valence-electron chi connectivity index (χ1n) is 6.73. The first-order valence-corrected chi connectivity index (χ1v) is 7.52. The van der Waals surface area contributed by atoms with E-state index in [2.05, 4.69) is 26.9 Å². The van der Waals surface area contributed by atoms with E-state index in [1.54, 1.807) is 0 Å². The third-order valence-electron chi connectivity index (χ3n) is 3.88. The summed E-state index contributed by atoms with van der Waals surface area (Å²) < 4.78 is 11.7. The number of ether oxygens (including phenoxy) is 2. The smallest absolute Gasteiger partial charge is 0.231 e. The molecule has 1 aromatic carbocycles. The molecule has 2 aliphatic rings. The molecule has 1 fully saturated rings. The summed E-state index contributed by atoms with van der Waals surface area (Å²) in [5, 5.41) is 0. The second kappa shape index (κ2) is 5.61. The van der Waals surface area contributed by atoms with Gasteiger partial charge in [0.2, 0.25) is 12.7 Å². The SMILES string of the molecule is NC(=O)C1CCN(Cc2cc(Br)c3c(c2)OCO3)CC1. The van der Waals surface area contributed by atoms with Crippen LogP contribution < -0.4 is 15.2 Å². The zero-order valence-electron chi connectivity index (χ0n) is 11.1. The van der Waals surface area contributed by atoms with Gasteiger partial charge in [-0.25, -0.2) is 0 Å². The van der Waals surface area contributed by atoms with E-state index in [4.69, 9.17) is 15.2 Å². The summed E-state index contributed by atoms with van der Waals surface area (Å²) in [5.41, 5.74) is 6.53. The maximum Gasteiger partial charge on any atom is 0.231 e. The highest BCUT2D eigenvalue weighted by Gasteiger charge is 2.24. The van der Waals surface area contributed by atoms with E-state index in [-0.39, 0.29) is 18.6 Å². The quantitative estimate of drug-likeness (QED) is 0.912. The number of carbonyl (C=O) groups is 1. The topological polar surface area (TPSA) is 64.8 Å². The van der Waals surface area contributed by atoms with Crippen LogP contribution in [0.4, 0.5) is 0 Å². The molecule has 0 saturated carbocycles. The van der Waals surface area contributed by atoms with E-state index in [9.17, 15) is 4.79 Å². The Morgan fingerprint density at radius 3 is 2.80 bits per heavy atom. The lowest BCUT2D eigenvalue weighted by molar-refractivity contribution is -0.123. The average Bonchev–Trinajstić information content (AvgIpc) is 2.88. The highest BCUT2D eigenvalue weighted by atomic mass is 79.9. The second-order valence-electron chi connectivity index (χ2n) is 5.26. The Morgan fingerprint density at radius 2 is 2.10 bits per heavy atom. The van der Waals surface area contributed by atoms with Gasteiger partial charge in [0, 0.05) is 12.5 Å². The first kappa shape index (κ1) is 13.7. The standard InChI is InChI=1S/C14H17BrN2O3/c15-11-5-9(6-12-13(11)20-8-19-12)7-17-3-1-10(2-4-17)14(16)18/h5-6,10H,1-4,7-8H2,(H2,16,18). The second-order valence-corrected chi connectivity index (χ2v) is 6.12. The minimum absolute atomic E-state index is 0.0368. The number of nitrogens with two attached hydrogens (primary N) is 1. The van der Waals surface area contributed by atoms with E-state index < -0.39 is 0 Å². The van der Waals surface area contributed by atoms with E-state index in [0.29, 0.717) is 0 Å². The number of amides is 1. The number of primary amides is 1. The van der Waals surface area contributed by atoms with Crippen molar-refractivity contribution in [2.24, 2.45) is 11.7 Å². The molecule has 0 radical (unpaired) electrons. The lowest BCUT2D eigenvalue weighted by Gasteiger charge is -2.30. The maximum absolute atomic E-state index is 11.2. The van der Waals surface area contributed by atoms with Crippen molar-refractivity contribution in [2.75, 3.05) is 19.9 Å². The van der Waals surface area contributed by atoms with Crippen LogP contribution in [0.3, 0.4) is 0 Å². The van der Waals surface area contributed by atoms with Crippen LogP contribution in [0.2, 0.25) is 0 Å². The van der Waals surface area contributed by atoms with Gasteiger partial charge >= 0.3 is 0 Å². The van der Waals surface area contributed by atoms with Crippen molar-refractivity contribution in [3.63, 3.8) is 0 Å². The van der Waals surface area contributed by atoms with Gasteiger partial charge in [0.15, 0.2) is 11.5 Å². The van der Waals surface area contributed by atoms with Crippen LogP contribution >= 0.6 is 15.9 Å². The molecule has 5 nitrogen and oxygen atoms in total. The van der Waals surface area contributed by atoms with Crippen LogP contribution in [0.15, 0.2) is 16.6 Å². The fourth-order valence-electron chi connectivity index (χ4n) is 2.75. The van der Waals surface area contributed by atoms with Gasteiger partial charge in [0.05, 0.1) is 4.47 Å². The largest absolute Gasteiger partial charge is 0.454 e. The molecule has 20 heavy (non-hydrogen) atoms. The molecule has 0 bridgehead atoms. The number of benzene rings is 1. The molecule has 0 unspecified atom stereocenters. The van der Waals surface area contributed by atoms with Crippen LogP contribution in [0.1, 0.15) is 18.4 Å². The fourth-order valence-corrected chi connectivity index (χ4v) is 3.35. The molecule has 3 rings (SSSR count). The molecule has 2 heterocycles. The van der Waals surface area contributed by atoms with E-state index in [0.717, 1.165) is 48.4 Å². The number of fused-ring (bicyclic) bond motifs is 1. The molecule has 1 saturated heterocycles. The number of rotatable bonds is 3. The normalized spacial score (nSPS) is 19.2. The van der Waals surface area contributed by atoms with Gasteiger partial charge in [-0.3, -0.25) is 9.69 Å². The summed E-state index contributed by atoms with van der Waals surface area (Å²) in [6, 6.07) is 4.08. The Labute approximate surface area is 126 Å². The minimum atomic E-state index is -0.171. The number of halogens is 1. The molecule has 1 amide bonds. The predicted octanol–water partition coefficient (Wildman–Crippen LogP) is 1.88. The monoisotopic (exact) mass is 340 g/mol. The molecular weight excluding hydrogens is 324 g/mol. The number of nitrogens with zero attached hydrogens (tertiary/aromatic N) is 1. The number of hydrogen-bond donors (Lipinski definition) is 1. The number of hydrogen-bond acceptors (Lipinski definition) is 4. The van der Waals surface area contributed by atoms with Gasteiger partial charge in [0.1, 0.15) is 0 Å². The maximum atomic E-state index is 11.2. The summed E-state index contributed by atoms with van der Waals surface area (Å²) in [5.74, 6) is 1.44. The summed E-state index contributed by atoms with van der Waals surface area (Å²) >= 11 is 3.51. The molecule has 0 spiro atoms. The molecule has 2 aliphatic heterocycles. The van der Waals surface area contributed by atoms with Crippen molar-refractivity contribution in [2.45, 2.75) is 19.4 Å². The molecule has 108 valence electrons. The zero-order valence-corrected chi connectivity index (χ0v) is 12.7. The van der Waals surface area contributed by atoms with Gasteiger partial charge in [0.25, 0.3) is 0 Å². The van der Waals surface area contributed by atoms with Crippen LogP contribution in [0.5, 0.6) is 11.5 Å². The van der Waals surface area contributed by atoms with E-state index >= 15 is 0 Å². The Balaban J connectivity index is 1.65. The molecule has 1 aromatic rings. The Hall–Kier alpha value is -1.27. The van der Waals surface area contributed by atoms with Gasteiger partial charge in [-0.2, -0.15) is 0 Å². The van der Waals surface area contributed by atoms with Crippen molar-refractivity contribution < 1.29 is 14.3 Å². The molecule has 2 N–H and O–H groups in total. The summed E-state index contributed by atoms with van der Waals surface area (Å²) in [6.45, 7) is 2.93. The lowest BCUT2D eigenvalue weighted by atomic mass is 9.96. The van der Waals surface area contributed by atoms with Crippen LogP contribution in [-0.4, -0.2) is 30.7 Å². The predicted molar refractivity (Wildman–Crippen MR) is 77.5 cm³/mol. The molecule has 0 aliphatic carbocycles. The summed E-state index contributed by atoms with van der Waals surface area (Å²) in [7, 11) is 0. The van der Waals surface area contributed by atoms with Crippen molar-refractivity contribution in [3.8, 4) is 11.5 Å². The van der Waals surface area contributed by atoms with Gasteiger partial charge < -0.3 is 15.2 Å². The van der Waals surface area contributed by atoms with Crippen molar-refractivity contribution >= 4 is 21.8 Å². The fraction of sp³-hybridized carbons (Fsp3) is 0.500. The van der Waals surface area contributed by atoms with Crippen molar-refractivity contribution in [1.82, 2.24) is 4.90 Å². The highest BCUT2D eigenvalue weighted by molar-refractivity contribution is 9.10. The van der Waals surface area contributed by atoms with E-state index in [1.165, 1.54) is 5.56 Å². The van der Waals surface area contributed by atoms with Gasteiger partial charge in [-0.15, -0.1) is 0 Å². The minimum Gasteiger partial charge on any atom is -0.454 e. The van der Waals surface area contributed by atoms with Gasteiger partial charge in [-0.1, -0.05) is 0 Å². The van der Waals surface area contributed by atoms with Crippen molar-refractivity contribution in [1.29, 1.82) is 0 Å². The van der Waals surface area contributed by atoms with Crippen LogP contribution in [0.25, 0.3) is 0 Å². The number of piperidine rings is 1. The Morgan fingerprint density at radius 1 is 1.35 bits per heavy atom. The summed E-state index contributed by atoms with van der Waals surface area (Å²) in [6.07, 6.45) is 1.70. The van der Waals surface area contributed by atoms with Crippen LogP contribution in [-0.2, 0) is 11.3 Å². The number of carbonyl (C=O) groups excluding carboxylic acids is 1. The lowest BCUT2D eigenvalue weighted by Crippen LogP contribution is -2.38. The number of likely N-dealkylation sites (tertiary alicyclic amines) is 1. The highest BCUT2D eigenvalue weighted by Crippen LogP contribution is 2.40. The zero-order chi connectivity index (χ0) is 14.1. The average molecular weight is 341 g/mol. The molecular formula is C14H17BrN2O3. The van der Waals surface area contributed by atoms with E-state index in [1.807, 2.05) is 6.07 Å². The Kier molecular flexibility index (Phi) is 3.85. The van der Waals surface area contributed by atoms with Gasteiger partial charge in [-0.05, 0) is 59.6 Å². The summed E-state index contributed by atoms with van der Waals surface area (Å²) in [4.78, 5) is 13.5. The van der Waals surface area contributed by atoms with Crippen LogP contribution in [0, 0.1) is 5.92 Å². The molecule has 6 heteroatoms. The third-order valence-corrected chi connectivity index (χ3v) is 4.47.